The molecule has 4 heteroatoms. The van der Waals surface area contributed by atoms with Crippen LogP contribution in [-0.4, -0.2) is 27.5 Å². The number of nitrogens with one attached hydrogen (secondary N) is 1. The van der Waals surface area contributed by atoms with E-state index in [0.717, 1.165) is 36.9 Å². The van der Waals surface area contributed by atoms with Crippen molar-refractivity contribution in [3.05, 3.63) is 30.4 Å². The summed E-state index contributed by atoms with van der Waals surface area (Å²) < 4.78 is 1.98. The largest absolute Gasteiger partial charge is 0.316 e. The highest BCUT2D eigenvalue weighted by atomic mass is 15.1. The van der Waals surface area contributed by atoms with E-state index in [-0.39, 0.29) is 0 Å². The van der Waals surface area contributed by atoms with Gasteiger partial charge in [0, 0.05) is 18.6 Å². The van der Waals surface area contributed by atoms with Crippen molar-refractivity contribution in [1.29, 1.82) is 0 Å². The molecule has 3 heterocycles. The molecule has 0 aromatic carbocycles. The highest BCUT2D eigenvalue weighted by molar-refractivity contribution is 5.29. The summed E-state index contributed by atoms with van der Waals surface area (Å²) in [4.78, 5) is 8.71. The Balaban J connectivity index is 1.84. The van der Waals surface area contributed by atoms with Gasteiger partial charge in [0.25, 0.3) is 0 Å². The molecule has 0 amide bonds. The summed E-state index contributed by atoms with van der Waals surface area (Å²) in [5.41, 5.74) is 1.16. The lowest BCUT2D eigenvalue weighted by Crippen LogP contribution is -2.10. The van der Waals surface area contributed by atoms with E-state index < -0.39 is 0 Å². The average molecular weight is 202 g/mol. The Labute approximate surface area is 88.4 Å². The minimum absolute atomic E-state index is 0.745. The van der Waals surface area contributed by atoms with Crippen molar-refractivity contribution in [2.75, 3.05) is 13.1 Å². The molecular weight excluding hydrogens is 188 g/mol. The maximum Gasteiger partial charge on any atom is 0.233 e. The van der Waals surface area contributed by atoms with Crippen molar-refractivity contribution in [2.45, 2.75) is 12.8 Å². The summed E-state index contributed by atoms with van der Waals surface area (Å²) in [6, 6.07) is 1.93. The Morgan fingerprint density at radius 1 is 1.53 bits per heavy atom. The molecule has 1 fully saturated rings. The van der Waals surface area contributed by atoms with E-state index >= 15 is 0 Å². The van der Waals surface area contributed by atoms with E-state index in [2.05, 4.69) is 21.5 Å². The minimum atomic E-state index is 0.745. The standard InChI is InChI=1S/C11H14N4/c1-3-13-11-14-10(8-15(11)5-1)6-9-2-4-12-7-9/h1,3,5,8-9,12H,2,4,6-7H2. The van der Waals surface area contributed by atoms with Crippen molar-refractivity contribution in [2.24, 2.45) is 5.92 Å². The van der Waals surface area contributed by atoms with Crippen molar-refractivity contribution < 1.29 is 0 Å². The zero-order valence-corrected chi connectivity index (χ0v) is 8.56. The first kappa shape index (κ1) is 8.85. The van der Waals surface area contributed by atoms with Gasteiger partial charge in [-0.2, -0.15) is 0 Å². The molecule has 15 heavy (non-hydrogen) atoms. The molecule has 0 spiro atoms. The fraction of sp³-hybridized carbons (Fsp3) is 0.455. The van der Waals surface area contributed by atoms with Crippen molar-refractivity contribution >= 4 is 5.78 Å². The van der Waals surface area contributed by atoms with E-state index in [1.54, 1.807) is 6.20 Å². The molecular formula is C11H14N4. The van der Waals surface area contributed by atoms with Gasteiger partial charge in [0.2, 0.25) is 5.78 Å². The molecule has 0 radical (unpaired) electrons. The summed E-state index contributed by atoms with van der Waals surface area (Å²) in [5.74, 6) is 1.55. The highest BCUT2D eigenvalue weighted by Crippen LogP contribution is 2.14. The van der Waals surface area contributed by atoms with Crippen LogP contribution in [0.15, 0.2) is 24.7 Å². The Morgan fingerprint density at radius 2 is 2.53 bits per heavy atom. The molecule has 0 aliphatic carbocycles. The first-order valence-electron chi connectivity index (χ1n) is 5.41. The van der Waals surface area contributed by atoms with E-state index in [9.17, 15) is 0 Å². The number of hydrogen-bond donors (Lipinski definition) is 1. The van der Waals surface area contributed by atoms with Crippen LogP contribution >= 0.6 is 0 Å². The van der Waals surface area contributed by atoms with Gasteiger partial charge in [0.15, 0.2) is 0 Å². The normalized spacial score (nSPS) is 21.2. The van der Waals surface area contributed by atoms with Gasteiger partial charge in [-0.1, -0.05) is 0 Å². The second-order valence-electron chi connectivity index (χ2n) is 4.12. The predicted octanol–water partition coefficient (Wildman–Crippen LogP) is 0.881. The second kappa shape index (κ2) is 3.62. The van der Waals surface area contributed by atoms with Crippen molar-refractivity contribution in [1.82, 2.24) is 19.7 Å². The van der Waals surface area contributed by atoms with Crippen LogP contribution in [0.2, 0.25) is 0 Å². The molecule has 2 aromatic heterocycles. The Kier molecular flexibility index (Phi) is 2.14. The van der Waals surface area contributed by atoms with Crippen molar-refractivity contribution in [3.63, 3.8) is 0 Å². The van der Waals surface area contributed by atoms with Gasteiger partial charge in [-0.25, -0.2) is 9.97 Å². The van der Waals surface area contributed by atoms with Gasteiger partial charge in [-0.3, -0.25) is 4.40 Å². The molecule has 0 saturated carbocycles. The lowest BCUT2D eigenvalue weighted by atomic mass is 10.0. The molecule has 1 atom stereocenters. The third-order valence-corrected chi connectivity index (χ3v) is 2.95. The topological polar surface area (TPSA) is 42.2 Å². The summed E-state index contributed by atoms with van der Waals surface area (Å²) >= 11 is 0. The van der Waals surface area contributed by atoms with Crippen LogP contribution in [0.3, 0.4) is 0 Å². The van der Waals surface area contributed by atoms with E-state index in [1.807, 2.05) is 16.7 Å². The second-order valence-corrected chi connectivity index (χ2v) is 4.12. The van der Waals surface area contributed by atoms with Crippen LogP contribution in [0.25, 0.3) is 5.78 Å². The fourth-order valence-electron chi connectivity index (χ4n) is 2.16. The summed E-state index contributed by atoms with van der Waals surface area (Å²) in [6.07, 6.45) is 8.19. The van der Waals surface area contributed by atoms with Crippen LogP contribution in [0.4, 0.5) is 0 Å². The smallest absolute Gasteiger partial charge is 0.233 e. The predicted molar refractivity (Wildman–Crippen MR) is 57.7 cm³/mol. The zero-order valence-electron chi connectivity index (χ0n) is 8.56. The maximum atomic E-state index is 4.50. The number of imidazole rings is 1. The molecule has 0 bridgehead atoms. The average Bonchev–Trinajstić information content (AvgIpc) is 2.86. The molecule has 1 unspecified atom stereocenters. The highest BCUT2D eigenvalue weighted by Gasteiger charge is 2.16. The maximum absolute atomic E-state index is 4.50. The van der Waals surface area contributed by atoms with Gasteiger partial charge in [0.1, 0.15) is 0 Å². The molecule has 1 N–H and O–H groups in total. The summed E-state index contributed by atoms with van der Waals surface area (Å²) in [6.45, 7) is 2.28. The van der Waals surface area contributed by atoms with Crippen LogP contribution in [-0.2, 0) is 6.42 Å². The van der Waals surface area contributed by atoms with Gasteiger partial charge in [-0.05, 0) is 37.9 Å². The summed E-state index contributed by atoms with van der Waals surface area (Å²) in [5, 5.41) is 3.38. The van der Waals surface area contributed by atoms with Gasteiger partial charge < -0.3 is 5.32 Å². The van der Waals surface area contributed by atoms with E-state index in [1.165, 1.54) is 6.42 Å². The van der Waals surface area contributed by atoms with Gasteiger partial charge >= 0.3 is 0 Å². The van der Waals surface area contributed by atoms with Crippen molar-refractivity contribution in [3.8, 4) is 0 Å². The molecule has 1 aliphatic rings. The van der Waals surface area contributed by atoms with Gasteiger partial charge in [0.05, 0.1) is 5.69 Å². The summed E-state index contributed by atoms with van der Waals surface area (Å²) in [7, 11) is 0. The third-order valence-electron chi connectivity index (χ3n) is 2.95. The molecule has 2 aromatic rings. The van der Waals surface area contributed by atoms with Gasteiger partial charge in [-0.15, -0.1) is 0 Å². The number of rotatable bonds is 2. The minimum Gasteiger partial charge on any atom is -0.316 e. The van der Waals surface area contributed by atoms with Crippen LogP contribution < -0.4 is 5.32 Å². The Hall–Kier alpha value is -1.42. The number of aromatic nitrogens is 3. The Bertz CT molecular complexity index is 423. The van der Waals surface area contributed by atoms with Crippen LogP contribution in [0.5, 0.6) is 0 Å². The number of fused-ring (bicyclic) bond motifs is 1. The monoisotopic (exact) mass is 202 g/mol. The van der Waals surface area contributed by atoms with E-state index in [0.29, 0.717) is 0 Å². The molecule has 3 rings (SSSR count). The van der Waals surface area contributed by atoms with Crippen LogP contribution in [0, 0.1) is 5.92 Å². The first-order valence-corrected chi connectivity index (χ1v) is 5.41. The molecule has 1 aliphatic heterocycles. The first-order chi connectivity index (χ1) is 7.42. The third kappa shape index (κ3) is 1.72. The molecule has 1 saturated heterocycles. The molecule has 78 valence electrons. The zero-order chi connectivity index (χ0) is 10.1. The lowest BCUT2D eigenvalue weighted by Gasteiger charge is -2.03. The number of nitrogens with zero attached hydrogens (tertiary/aromatic N) is 3. The fourth-order valence-corrected chi connectivity index (χ4v) is 2.16. The van der Waals surface area contributed by atoms with Crippen LogP contribution in [0.1, 0.15) is 12.1 Å². The SMILES string of the molecule is c1cnc2nc(CC3CCNC3)cn2c1. The Morgan fingerprint density at radius 3 is 3.33 bits per heavy atom. The number of hydrogen-bond acceptors (Lipinski definition) is 3. The lowest BCUT2D eigenvalue weighted by molar-refractivity contribution is 0.573. The van der Waals surface area contributed by atoms with E-state index in [4.69, 9.17) is 0 Å². The molecule has 4 nitrogen and oxygen atoms in total. The quantitative estimate of drug-likeness (QED) is 0.786.